The molecule has 2 aromatic carbocycles. The fourth-order valence-electron chi connectivity index (χ4n) is 4.58. The van der Waals surface area contributed by atoms with E-state index >= 15 is 0 Å². The summed E-state index contributed by atoms with van der Waals surface area (Å²) in [4.78, 5) is 19.1. The molecular formula is C24H24Cl2N4O4S. The molecule has 0 radical (unpaired) electrons. The number of piperidine rings is 1. The third-order valence-electron chi connectivity index (χ3n) is 6.56. The third kappa shape index (κ3) is 4.95. The topological polar surface area (TPSA) is 96.6 Å². The van der Waals surface area contributed by atoms with E-state index in [1.807, 2.05) is 4.90 Å². The number of sulfonamides is 1. The monoisotopic (exact) mass is 534 g/mol. The van der Waals surface area contributed by atoms with Crippen molar-refractivity contribution in [2.75, 3.05) is 26.2 Å². The van der Waals surface area contributed by atoms with E-state index in [-0.39, 0.29) is 22.6 Å². The Kier molecular flexibility index (Phi) is 6.85. The summed E-state index contributed by atoms with van der Waals surface area (Å²) >= 11 is 12.2. The van der Waals surface area contributed by atoms with E-state index in [9.17, 15) is 13.2 Å². The molecule has 1 amide bonds. The van der Waals surface area contributed by atoms with Crippen molar-refractivity contribution >= 4 is 39.1 Å². The summed E-state index contributed by atoms with van der Waals surface area (Å²) in [6.07, 6.45) is 3.20. The van der Waals surface area contributed by atoms with Crippen LogP contribution in [0.2, 0.25) is 10.0 Å². The Morgan fingerprint density at radius 1 is 0.971 bits per heavy atom. The molecule has 2 saturated heterocycles. The molecule has 2 fully saturated rings. The van der Waals surface area contributed by atoms with Gasteiger partial charge in [0.2, 0.25) is 21.8 Å². The maximum atomic E-state index is 13.2. The number of rotatable bonds is 5. The fourth-order valence-corrected chi connectivity index (χ4v) is 6.54. The molecule has 11 heteroatoms. The zero-order chi connectivity index (χ0) is 24.6. The van der Waals surface area contributed by atoms with Crippen LogP contribution in [0.15, 0.2) is 51.9 Å². The standard InChI is InChI=1S/C24H24Cl2N4O4S/c25-18-5-8-20(21(26)15-18)23-27-22(28-34-23)16-3-6-19(7-4-16)35(32,33)30-13-9-17(10-14-30)24(31)29-11-1-2-12-29/h3-8,15,17H,1-2,9-14H2. The highest BCUT2D eigenvalue weighted by Crippen LogP contribution is 2.31. The first-order valence-corrected chi connectivity index (χ1v) is 13.7. The van der Waals surface area contributed by atoms with Gasteiger partial charge in [0.25, 0.3) is 5.89 Å². The van der Waals surface area contributed by atoms with Crippen molar-refractivity contribution in [2.45, 2.75) is 30.6 Å². The SMILES string of the molecule is O=C(C1CCN(S(=O)(=O)c2ccc(-c3noc(-c4ccc(Cl)cc4Cl)n3)cc2)CC1)N1CCCC1. The van der Waals surface area contributed by atoms with Crippen LogP contribution < -0.4 is 0 Å². The highest BCUT2D eigenvalue weighted by molar-refractivity contribution is 7.89. The first kappa shape index (κ1) is 24.2. The first-order chi connectivity index (χ1) is 16.8. The summed E-state index contributed by atoms with van der Waals surface area (Å²) < 4.78 is 33.2. The van der Waals surface area contributed by atoms with E-state index in [1.165, 1.54) is 16.4 Å². The van der Waals surface area contributed by atoms with Gasteiger partial charge in [0.05, 0.1) is 15.5 Å². The summed E-state index contributed by atoms with van der Waals surface area (Å²) in [6, 6.07) is 11.3. The van der Waals surface area contributed by atoms with Gasteiger partial charge in [-0.25, -0.2) is 8.42 Å². The molecule has 184 valence electrons. The van der Waals surface area contributed by atoms with Crippen LogP contribution >= 0.6 is 23.2 Å². The van der Waals surface area contributed by atoms with E-state index in [2.05, 4.69) is 10.1 Å². The number of halogens is 2. The molecule has 0 unspecified atom stereocenters. The summed E-state index contributed by atoms with van der Waals surface area (Å²) in [5.41, 5.74) is 1.17. The number of carbonyl (C=O) groups excluding carboxylic acids is 1. The Morgan fingerprint density at radius 3 is 2.31 bits per heavy atom. The smallest absolute Gasteiger partial charge is 0.259 e. The minimum absolute atomic E-state index is 0.0940. The number of carbonyl (C=O) groups is 1. The maximum Gasteiger partial charge on any atom is 0.259 e. The molecule has 35 heavy (non-hydrogen) atoms. The molecule has 0 spiro atoms. The summed E-state index contributed by atoms with van der Waals surface area (Å²) in [5.74, 6) is 0.632. The van der Waals surface area contributed by atoms with E-state index in [1.54, 1.807) is 30.3 Å². The van der Waals surface area contributed by atoms with E-state index < -0.39 is 10.0 Å². The minimum Gasteiger partial charge on any atom is -0.342 e. The van der Waals surface area contributed by atoms with Gasteiger partial charge in [-0.1, -0.05) is 28.4 Å². The lowest BCUT2D eigenvalue weighted by atomic mass is 9.97. The van der Waals surface area contributed by atoms with Gasteiger partial charge in [0, 0.05) is 42.7 Å². The minimum atomic E-state index is -3.66. The van der Waals surface area contributed by atoms with Gasteiger partial charge >= 0.3 is 0 Å². The van der Waals surface area contributed by atoms with Crippen molar-refractivity contribution < 1.29 is 17.7 Å². The Labute approximate surface area is 213 Å². The molecule has 0 atom stereocenters. The molecular weight excluding hydrogens is 511 g/mol. The van der Waals surface area contributed by atoms with Gasteiger partial charge in [-0.2, -0.15) is 9.29 Å². The van der Waals surface area contributed by atoms with Gasteiger partial charge in [-0.3, -0.25) is 4.79 Å². The van der Waals surface area contributed by atoms with Gasteiger partial charge < -0.3 is 9.42 Å². The maximum absolute atomic E-state index is 13.2. The molecule has 0 saturated carbocycles. The normalized spacial score (nSPS) is 17.7. The summed E-state index contributed by atoms with van der Waals surface area (Å²) in [5, 5.41) is 4.88. The molecule has 3 aromatic rings. The molecule has 0 N–H and O–H groups in total. The number of aromatic nitrogens is 2. The Balaban J connectivity index is 1.26. The highest BCUT2D eigenvalue weighted by Gasteiger charge is 2.34. The van der Waals surface area contributed by atoms with Crippen LogP contribution in [0.25, 0.3) is 22.8 Å². The van der Waals surface area contributed by atoms with Gasteiger partial charge in [-0.05, 0) is 68.1 Å². The van der Waals surface area contributed by atoms with Crippen LogP contribution in [-0.2, 0) is 14.8 Å². The van der Waals surface area contributed by atoms with Crippen LogP contribution in [0.4, 0.5) is 0 Å². The molecule has 5 rings (SSSR count). The Hall–Kier alpha value is -2.46. The number of nitrogens with zero attached hydrogens (tertiary/aromatic N) is 4. The lowest BCUT2D eigenvalue weighted by molar-refractivity contribution is -0.135. The summed E-state index contributed by atoms with van der Waals surface area (Å²) in [6.45, 7) is 2.31. The number of likely N-dealkylation sites (tertiary alicyclic amines) is 1. The molecule has 3 heterocycles. The second kappa shape index (κ2) is 9.89. The number of amides is 1. The van der Waals surface area contributed by atoms with Gasteiger partial charge in [-0.15, -0.1) is 0 Å². The third-order valence-corrected chi connectivity index (χ3v) is 9.02. The Bertz CT molecular complexity index is 1330. The molecule has 2 aliphatic rings. The van der Waals surface area contributed by atoms with Crippen molar-refractivity contribution in [3.63, 3.8) is 0 Å². The number of hydrogen-bond donors (Lipinski definition) is 0. The van der Waals surface area contributed by atoms with E-state index in [4.69, 9.17) is 27.7 Å². The van der Waals surface area contributed by atoms with Gasteiger partial charge in [0.1, 0.15) is 0 Å². The largest absolute Gasteiger partial charge is 0.342 e. The van der Waals surface area contributed by atoms with E-state index in [0.29, 0.717) is 52.9 Å². The molecule has 8 nitrogen and oxygen atoms in total. The predicted octanol–water partition coefficient (Wildman–Crippen LogP) is 4.73. The fraction of sp³-hybridized carbons (Fsp3) is 0.375. The molecule has 2 aliphatic heterocycles. The van der Waals surface area contributed by atoms with Crippen LogP contribution in [0, 0.1) is 5.92 Å². The first-order valence-electron chi connectivity index (χ1n) is 11.5. The van der Waals surface area contributed by atoms with Crippen molar-refractivity contribution in [2.24, 2.45) is 5.92 Å². The Morgan fingerprint density at radius 2 is 1.66 bits per heavy atom. The lowest BCUT2D eigenvalue weighted by Gasteiger charge is -2.32. The highest BCUT2D eigenvalue weighted by atomic mass is 35.5. The quantitative estimate of drug-likeness (QED) is 0.469. The summed E-state index contributed by atoms with van der Waals surface area (Å²) in [7, 11) is -3.66. The van der Waals surface area contributed by atoms with Crippen LogP contribution in [0.1, 0.15) is 25.7 Å². The lowest BCUT2D eigenvalue weighted by Crippen LogP contribution is -2.43. The van der Waals surface area contributed by atoms with Crippen molar-refractivity contribution in [1.82, 2.24) is 19.3 Å². The van der Waals surface area contributed by atoms with Crippen molar-refractivity contribution in [1.29, 1.82) is 0 Å². The second-order valence-corrected chi connectivity index (χ2v) is 11.6. The predicted molar refractivity (Wildman–Crippen MR) is 132 cm³/mol. The average Bonchev–Trinajstić information content (AvgIpc) is 3.57. The van der Waals surface area contributed by atoms with Crippen LogP contribution in [0.5, 0.6) is 0 Å². The average molecular weight is 535 g/mol. The van der Waals surface area contributed by atoms with Gasteiger partial charge in [0.15, 0.2) is 0 Å². The van der Waals surface area contributed by atoms with E-state index in [0.717, 1.165) is 25.9 Å². The second-order valence-electron chi connectivity index (χ2n) is 8.78. The molecule has 1 aromatic heterocycles. The van der Waals surface area contributed by atoms with Crippen LogP contribution in [0.3, 0.4) is 0 Å². The van der Waals surface area contributed by atoms with Crippen molar-refractivity contribution in [3.05, 3.63) is 52.5 Å². The van der Waals surface area contributed by atoms with Crippen LogP contribution in [-0.4, -0.2) is 59.8 Å². The molecule has 0 aliphatic carbocycles. The zero-order valence-corrected chi connectivity index (χ0v) is 21.2. The molecule has 0 bridgehead atoms. The van der Waals surface area contributed by atoms with Crippen molar-refractivity contribution in [3.8, 4) is 22.8 Å². The number of hydrogen-bond acceptors (Lipinski definition) is 6. The number of benzene rings is 2. The zero-order valence-electron chi connectivity index (χ0n) is 18.9.